The van der Waals surface area contributed by atoms with E-state index in [-0.39, 0.29) is 18.2 Å². The topological polar surface area (TPSA) is 49.4 Å². The number of nitrogens with zero attached hydrogens (tertiary/aromatic N) is 1. The SMILES string of the molecule is Cc1cc(C)cc(CC(=O)N(Cc2ccccc2)[C@H](Cc2ccccc2)C(=O)NC(C)(C)C)c1. The monoisotopic (exact) mass is 456 g/mol. The zero-order chi connectivity index (χ0) is 24.7. The molecule has 3 aromatic rings. The molecular formula is C30H36N2O2. The Bertz CT molecular complexity index is 1080. The van der Waals surface area contributed by atoms with Gasteiger partial charge in [-0.25, -0.2) is 0 Å². The molecule has 0 saturated heterocycles. The van der Waals surface area contributed by atoms with Gasteiger partial charge in [-0.3, -0.25) is 9.59 Å². The van der Waals surface area contributed by atoms with Crippen molar-refractivity contribution in [2.24, 2.45) is 0 Å². The number of rotatable bonds is 8. The molecule has 0 bridgehead atoms. The molecule has 0 spiro atoms. The summed E-state index contributed by atoms with van der Waals surface area (Å²) < 4.78 is 0. The average molecular weight is 457 g/mol. The summed E-state index contributed by atoms with van der Waals surface area (Å²) in [5.41, 5.74) is 4.84. The van der Waals surface area contributed by atoms with E-state index < -0.39 is 11.6 Å². The normalized spacial score (nSPS) is 12.1. The Morgan fingerprint density at radius 3 is 1.85 bits per heavy atom. The van der Waals surface area contributed by atoms with Crippen LogP contribution in [0.25, 0.3) is 0 Å². The summed E-state index contributed by atoms with van der Waals surface area (Å²) in [5.74, 6) is -0.195. The highest BCUT2D eigenvalue weighted by atomic mass is 16.2. The molecule has 178 valence electrons. The maximum Gasteiger partial charge on any atom is 0.243 e. The molecule has 1 N–H and O–H groups in total. The Kier molecular flexibility index (Phi) is 8.27. The Morgan fingerprint density at radius 2 is 1.32 bits per heavy atom. The van der Waals surface area contributed by atoms with Crippen LogP contribution in [0.2, 0.25) is 0 Å². The molecule has 3 rings (SSSR count). The number of aryl methyl sites for hydroxylation is 2. The zero-order valence-electron chi connectivity index (χ0n) is 21.0. The third kappa shape index (κ3) is 7.58. The largest absolute Gasteiger partial charge is 0.350 e. The van der Waals surface area contributed by atoms with Gasteiger partial charge in [0.25, 0.3) is 0 Å². The van der Waals surface area contributed by atoms with Gasteiger partial charge in [-0.15, -0.1) is 0 Å². The summed E-state index contributed by atoms with van der Waals surface area (Å²) in [6, 6.07) is 25.4. The van der Waals surface area contributed by atoms with Crippen LogP contribution in [0.1, 0.15) is 48.6 Å². The molecule has 0 aliphatic rings. The van der Waals surface area contributed by atoms with Crippen molar-refractivity contribution in [3.8, 4) is 0 Å². The van der Waals surface area contributed by atoms with E-state index >= 15 is 0 Å². The first-order valence-corrected chi connectivity index (χ1v) is 11.9. The molecule has 0 radical (unpaired) electrons. The molecular weight excluding hydrogens is 420 g/mol. The minimum Gasteiger partial charge on any atom is -0.350 e. The number of carbonyl (C=O) groups is 2. The smallest absolute Gasteiger partial charge is 0.243 e. The van der Waals surface area contributed by atoms with Crippen molar-refractivity contribution in [2.45, 2.75) is 65.6 Å². The minimum absolute atomic E-state index is 0.0566. The average Bonchev–Trinajstić information content (AvgIpc) is 2.75. The second-order valence-electron chi connectivity index (χ2n) is 10.1. The molecule has 1 atom stereocenters. The number of benzene rings is 3. The van der Waals surface area contributed by atoms with Crippen LogP contribution in [0.5, 0.6) is 0 Å². The Hall–Kier alpha value is -3.40. The van der Waals surface area contributed by atoms with E-state index in [4.69, 9.17) is 0 Å². The van der Waals surface area contributed by atoms with Gasteiger partial charge in [0.1, 0.15) is 6.04 Å². The molecule has 3 aromatic carbocycles. The summed E-state index contributed by atoms with van der Waals surface area (Å²) >= 11 is 0. The lowest BCUT2D eigenvalue weighted by Crippen LogP contribution is -2.54. The van der Waals surface area contributed by atoms with Crippen molar-refractivity contribution < 1.29 is 9.59 Å². The van der Waals surface area contributed by atoms with Crippen molar-refractivity contribution >= 4 is 11.8 Å². The van der Waals surface area contributed by atoms with E-state index in [0.29, 0.717) is 13.0 Å². The van der Waals surface area contributed by atoms with E-state index in [1.807, 2.05) is 107 Å². The van der Waals surface area contributed by atoms with Crippen LogP contribution >= 0.6 is 0 Å². The van der Waals surface area contributed by atoms with Gasteiger partial charge in [0.05, 0.1) is 6.42 Å². The number of nitrogens with one attached hydrogen (secondary N) is 1. The maximum absolute atomic E-state index is 13.8. The van der Waals surface area contributed by atoms with Gasteiger partial charge in [0, 0.05) is 18.5 Å². The Labute approximate surface area is 204 Å². The lowest BCUT2D eigenvalue weighted by atomic mass is 9.99. The van der Waals surface area contributed by atoms with Gasteiger partial charge in [-0.05, 0) is 51.3 Å². The molecule has 0 heterocycles. The minimum atomic E-state index is -0.625. The van der Waals surface area contributed by atoms with Crippen LogP contribution in [-0.4, -0.2) is 28.3 Å². The van der Waals surface area contributed by atoms with Gasteiger partial charge in [0.2, 0.25) is 11.8 Å². The van der Waals surface area contributed by atoms with Crippen LogP contribution in [0.4, 0.5) is 0 Å². The van der Waals surface area contributed by atoms with Crippen LogP contribution in [0, 0.1) is 13.8 Å². The molecule has 2 amide bonds. The van der Waals surface area contributed by atoms with Gasteiger partial charge < -0.3 is 10.2 Å². The predicted octanol–water partition coefficient (Wildman–Crippen LogP) is 5.40. The zero-order valence-corrected chi connectivity index (χ0v) is 21.0. The van der Waals surface area contributed by atoms with Crippen LogP contribution in [0.15, 0.2) is 78.9 Å². The van der Waals surface area contributed by atoms with E-state index in [1.54, 1.807) is 4.90 Å². The van der Waals surface area contributed by atoms with Gasteiger partial charge in [0.15, 0.2) is 0 Å². The highest BCUT2D eigenvalue weighted by Crippen LogP contribution is 2.18. The maximum atomic E-state index is 13.8. The van der Waals surface area contributed by atoms with E-state index in [2.05, 4.69) is 11.4 Å². The molecule has 34 heavy (non-hydrogen) atoms. The third-order valence-electron chi connectivity index (χ3n) is 5.60. The molecule has 0 aliphatic carbocycles. The van der Waals surface area contributed by atoms with Crippen molar-refractivity contribution in [3.63, 3.8) is 0 Å². The summed E-state index contributed by atoms with van der Waals surface area (Å²) in [5, 5.41) is 3.11. The lowest BCUT2D eigenvalue weighted by Gasteiger charge is -2.34. The third-order valence-corrected chi connectivity index (χ3v) is 5.60. The predicted molar refractivity (Wildman–Crippen MR) is 138 cm³/mol. The summed E-state index contributed by atoms with van der Waals surface area (Å²) in [6.45, 7) is 10.3. The molecule has 4 nitrogen and oxygen atoms in total. The van der Waals surface area contributed by atoms with Crippen molar-refractivity contribution in [1.29, 1.82) is 0 Å². The fourth-order valence-corrected chi connectivity index (χ4v) is 4.23. The van der Waals surface area contributed by atoms with E-state index in [1.165, 1.54) is 0 Å². The summed E-state index contributed by atoms with van der Waals surface area (Å²) in [7, 11) is 0. The van der Waals surface area contributed by atoms with Gasteiger partial charge in [-0.2, -0.15) is 0 Å². The first-order chi connectivity index (χ1) is 16.1. The summed E-state index contributed by atoms with van der Waals surface area (Å²) in [6.07, 6.45) is 0.706. The van der Waals surface area contributed by atoms with Gasteiger partial charge >= 0.3 is 0 Å². The standard InChI is InChI=1S/C30H36N2O2/c1-22-16-23(2)18-26(17-22)20-28(33)32(21-25-14-10-7-11-15-25)27(29(34)31-30(3,4)5)19-24-12-8-6-9-13-24/h6-18,27H,19-21H2,1-5H3,(H,31,34)/t27-/m1/s1. The number of hydrogen-bond acceptors (Lipinski definition) is 2. The molecule has 0 saturated carbocycles. The van der Waals surface area contributed by atoms with Crippen molar-refractivity contribution in [3.05, 3.63) is 107 Å². The lowest BCUT2D eigenvalue weighted by molar-refractivity contribution is -0.141. The Morgan fingerprint density at radius 1 is 0.794 bits per heavy atom. The highest BCUT2D eigenvalue weighted by Gasteiger charge is 2.32. The second-order valence-corrected chi connectivity index (χ2v) is 10.1. The molecule has 0 unspecified atom stereocenters. The van der Waals surface area contributed by atoms with Crippen molar-refractivity contribution in [2.75, 3.05) is 0 Å². The second kappa shape index (κ2) is 11.1. The molecule has 0 aliphatic heterocycles. The van der Waals surface area contributed by atoms with Gasteiger partial charge in [-0.1, -0.05) is 90.0 Å². The number of amides is 2. The van der Waals surface area contributed by atoms with Crippen molar-refractivity contribution in [1.82, 2.24) is 10.2 Å². The fourth-order valence-electron chi connectivity index (χ4n) is 4.23. The molecule has 0 aromatic heterocycles. The quantitative estimate of drug-likeness (QED) is 0.493. The first kappa shape index (κ1) is 25.2. The number of hydrogen-bond donors (Lipinski definition) is 1. The van der Waals surface area contributed by atoms with Crippen LogP contribution in [-0.2, 0) is 29.0 Å². The highest BCUT2D eigenvalue weighted by molar-refractivity contribution is 5.89. The van der Waals surface area contributed by atoms with E-state index in [9.17, 15) is 9.59 Å². The summed E-state index contributed by atoms with van der Waals surface area (Å²) in [4.78, 5) is 29.1. The van der Waals surface area contributed by atoms with E-state index in [0.717, 1.165) is 27.8 Å². The fraction of sp³-hybridized carbons (Fsp3) is 0.333. The van der Waals surface area contributed by atoms with Crippen LogP contribution in [0.3, 0.4) is 0 Å². The Balaban J connectivity index is 1.98. The first-order valence-electron chi connectivity index (χ1n) is 11.9. The molecule has 4 heteroatoms. The van der Waals surface area contributed by atoms with Crippen LogP contribution < -0.4 is 5.32 Å². The number of carbonyl (C=O) groups excluding carboxylic acids is 2. The molecule has 0 fully saturated rings.